The molecule has 2 aliphatic rings. The Hall–Kier alpha value is -1.88. The summed E-state index contributed by atoms with van der Waals surface area (Å²) in [5, 5.41) is 15.4. The predicted octanol–water partition coefficient (Wildman–Crippen LogP) is 1.39. The van der Waals surface area contributed by atoms with E-state index in [4.69, 9.17) is 0 Å². The van der Waals surface area contributed by atoms with Gasteiger partial charge >= 0.3 is 0 Å². The van der Waals surface area contributed by atoms with E-state index in [2.05, 4.69) is 10.6 Å². The van der Waals surface area contributed by atoms with Gasteiger partial charge in [-0.1, -0.05) is 19.9 Å². The molecule has 1 aliphatic carbocycles. The number of rotatable bonds is 3. The number of aliphatic hydroxyl groups is 1. The molecule has 1 unspecified atom stereocenters. The summed E-state index contributed by atoms with van der Waals surface area (Å²) in [4.78, 5) is 23.8. The number of amides is 2. The lowest BCUT2D eigenvalue weighted by Gasteiger charge is -2.33. The van der Waals surface area contributed by atoms with Crippen LogP contribution in [0.15, 0.2) is 18.2 Å². The van der Waals surface area contributed by atoms with Gasteiger partial charge in [-0.25, -0.2) is 0 Å². The maximum atomic E-state index is 12.2. The van der Waals surface area contributed by atoms with Crippen LogP contribution in [0, 0.1) is 11.3 Å². The molecule has 0 bridgehead atoms. The number of benzene rings is 1. The number of fused-ring (bicyclic) bond motifs is 1. The first-order valence-electron chi connectivity index (χ1n) is 8.26. The van der Waals surface area contributed by atoms with E-state index in [1.54, 1.807) is 0 Å². The molecule has 1 heterocycles. The molecule has 1 aliphatic heterocycles. The van der Waals surface area contributed by atoms with Gasteiger partial charge in [-0.3, -0.25) is 9.59 Å². The van der Waals surface area contributed by atoms with E-state index in [0.717, 1.165) is 25.8 Å². The van der Waals surface area contributed by atoms with Crippen molar-refractivity contribution >= 4 is 11.8 Å². The van der Waals surface area contributed by atoms with Gasteiger partial charge < -0.3 is 15.7 Å². The van der Waals surface area contributed by atoms with Gasteiger partial charge in [0.15, 0.2) is 0 Å². The van der Waals surface area contributed by atoms with Crippen molar-refractivity contribution in [1.29, 1.82) is 0 Å². The Morgan fingerprint density at radius 1 is 1.30 bits per heavy atom. The van der Waals surface area contributed by atoms with Crippen molar-refractivity contribution in [1.82, 2.24) is 10.6 Å². The standard InChI is InChI=1S/C18H24N2O3/c1-11(2)16(22)20-17(23)13-3-4-14-8-18(6-5-12(14)7-13)9-15(21)19-10-18/h3-4,7,11,16,22H,5-6,8-10H2,1-2H3,(H,19,21)(H,20,23)/t16?,18-/m0/s1. The number of hydrogen-bond acceptors (Lipinski definition) is 3. The Morgan fingerprint density at radius 2 is 2.09 bits per heavy atom. The summed E-state index contributed by atoms with van der Waals surface area (Å²) in [6.07, 6.45) is 2.51. The Bertz CT molecular complexity index is 641. The Kier molecular flexibility index (Phi) is 4.15. The molecule has 1 aromatic carbocycles. The van der Waals surface area contributed by atoms with Crippen LogP contribution in [-0.2, 0) is 17.6 Å². The summed E-state index contributed by atoms with van der Waals surface area (Å²) in [5.41, 5.74) is 3.05. The molecule has 2 atom stereocenters. The van der Waals surface area contributed by atoms with Crippen molar-refractivity contribution in [3.63, 3.8) is 0 Å². The van der Waals surface area contributed by atoms with Gasteiger partial charge in [-0.2, -0.15) is 0 Å². The third-order valence-electron chi connectivity index (χ3n) is 5.07. The normalized spacial score (nSPS) is 24.4. The van der Waals surface area contributed by atoms with Crippen LogP contribution in [0.2, 0.25) is 0 Å². The van der Waals surface area contributed by atoms with Gasteiger partial charge in [0.2, 0.25) is 5.91 Å². The van der Waals surface area contributed by atoms with Crippen molar-refractivity contribution in [2.24, 2.45) is 11.3 Å². The Morgan fingerprint density at radius 3 is 2.74 bits per heavy atom. The summed E-state index contributed by atoms with van der Waals surface area (Å²) in [5.74, 6) is -0.122. The maximum absolute atomic E-state index is 12.2. The number of nitrogens with one attached hydrogen (secondary N) is 2. The second kappa shape index (κ2) is 5.96. The first kappa shape index (κ1) is 16.0. The highest BCUT2D eigenvalue weighted by molar-refractivity contribution is 5.94. The average molecular weight is 316 g/mol. The van der Waals surface area contributed by atoms with Gasteiger partial charge in [-0.05, 0) is 48.4 Å². The van der Waals surface area contributed by atoms with Crippen LogP contribution in [-0.4, -0.2) is 29.7 Å². The van der Waals surface area contributed by atoms with Crippen LogP contribution in [0.4, 0.5) is 0 Å². The van der Waals surface area contributed by atoms with E-state index in [1.807, 2.05) is 32.0 Å². The molecular formula is C18H24N2O3. The monoisotopic (exact) mass is 316 g/mol. The highest BCUT2D eigenvalue weighted by atomic mass is 16.3. The molecule has 3 N–H and O–H groups in total. The highest BCUT2D eigenvalue weighted by Crippen LogP contribution is 2.40. The number of carbonyl (C=O) groups is 2. The van der Waals surface area contributed by atoms with Crippen molar-refractivity contribution in [3.05, 3.63) is 34.9 Å². The van der Waals surface area contributed by atoms with Crippen LogP contribution in [0.25, 0.3) is 0 Å². The fraction of sp³-hybridized carbons (Fsp3) is 0.556. The first-order valence-corrected chi connectivity index (χ1v) is 8.26. The predicted molar refractivity (Wildman–Crippen MR) is 86.8 cm³/mol. The topological polar surface area (TPSA) is 78.4 Å². The minimum atomic E-state index is -0.836. The quantitative estimate of drug-likeness (QED) is 0.737. The maximum Gasteiger partial charge on any atom is 0.253 e. The fourth-order valence-corrected chi connectivity index (χ4v) is 3.50. The van der Waals surface area contributed by atoms with Crippen LogP contribution < -0.4 is 10.6 Å². The molecule has 1 aromatic rings. The van der Waals surface area contributed by atoms with Crippen molar-refractivity contribution < 1.29 is 14.7 Å². The van der Waals surface area contributed by atoms with Gasteiger partial charge in [0.1, 0.15) is 6.23 Å². The molecule has 5 heteroatoms. The minimum Gasteiger partial charge on any atom is -0.373 e. The molecule has 2 amide bonds. The smallest absolute Gasteiger partial charge is 0.253 e. The van der Waals surface area contributed by atoms with Crippen LogP contribution in [0.3, 0.4) is 0 Å². The Labute approximate surface area is 136 Å². The second-order valence-electron chi connectivity index (χ2n) is 7.28. The van der Waals surface area contributed by atoms with E-state index in [9.17, 15) is 14.7 Å². The van der Waals surface area contributed by atoms with Crippen molar-refractivity contribution in [2.75, 3.05) is 6.54 Å². The summed E-state index contributed by atoms with van der Waals surface area (Å²) in [7, 11) is 0. The van der Waals surface area contributed by atoms with Crippen LogP contribution >= 0.6 is 0 Å². The minimum absolute atomic E-state index is 0.0242. The van der Waals surface area contributed by atoms with E-state index < -0.39 is 6.23 Å². The fourth-order valence-electron chi connectivity index (χ4n) is 3.50. The van der Waals surface area contributed by atoms with Crippen molar-refractivity contribution in [3.8, 4) is 0 Å². The number of aryl methyl sites for hydroxylation is 1. The third-order valence-corrected chi connectivity index (χ3v) is 5.07. The molecule has 124 valence electrons. The largest absolute Gasteiger partial charge is 0.373 e. The molecule has 23 heavy (non-hydrogen) atoms. The molecule has 1 fully saturated rings. The van der Waals surface area contributed by atoms with Crippen molar-refractivity contribution in [2.45, 2.75) is 45.8 Å². The van der Waals surface area contributed by atoms with Crippen LogP contribution in [0.5, 0.6) is 0 Å². The molecular weight excluding hydrogens is 292 g/mol. The highest BCUT2D eigenvalue weighted by Gasteiger charge is 2.40. The number of carbonyl (C=O) groups excluding carboxylic acids is 2. The van der Waals surface area contributed by atoms with Crippen LogP contribution in [0.1, 0.15) is 48.2 Å². The molecule has 0 aromatic heterocycles. The summed E-state index contributed by atoms with van der Waals surface area (Å²) < 4.78 is 0. The van der Waals surface area contributed by atoms with Gasteiger partial charge in [-0.15, -0.1) is 0 Å². The lowest BCUT2D eigenvalue weighted by Crippen LogP contribution is -2.38. The Balaban J connectivity index is 1.74. The summed E-state index contributed by atoms with van der Waals surface area (Å²) >= 11 is 0. The van der Waals surface area contributed by atoms with E-state index in [0.29, 0.717) is 12.0 Å². The third kappa shape index (κ3) is 3.24. The zero-order valence-electron chi connectivity index (χ0n) is 13.7. The zero-order chi connectivity index (χ0) is 16.6. The molecule has 0 saturated carbocycles. The number of aliphatic hydroxyl groups excluding tert-OH is 1. The molecule has 1 saturated heterocycles. The SMILES string of the molecule is CC(C)C(O)NC(=O)c1ccc2c(c1)CC[C@]1(CNC(=O)C1)C2. The lowest BCUT2D eigenvalue weighted by atomic mass is 9.71. The molecule has 0 radical (unpaired) electrons. The van der Waals surface area contributed by atoms with Gasteiger partial charge in [0.05, 0.1) is 0 Å². The molecule has 5 nitrogen and oxygen atoms in total. The van der Waals surface area contributed by atoms with E-state index in [-0.39, 0.29) is 23.1 Å². The van der Waals surface area contributed by atoms with Gasteiger partial charge in [0.25, 0.3) is 5.91 Å². The summed E-state index contributed by atoms with van der Waals surface area (Å²) in [6.45, 7) is 4.47. The zero-order valence-corrected chi connectivity index (χ0v) is 13.7. The lowest BCUT2D eigenvalue weighted by molar-refractivity contribution is -0.119. The average Bonchev–Trinajstić information content (AvgIpc) is 2.87. The van der Waals surface area contributed by atoms with Gasteiger partial charge in [0, 0.05) is 23.9 Å². The number of hydrogen-bond donors (Lipinski definition) is 3. The molecule has 1 spiro atoms. The molecule has 3 rings (SSSR count). The first-order chi connectivity index (χ1) is 10.9. The second-order valence-corrected chi connectivity index (χ2v) is 7.28. The summed E-state index contributed by atoms with van der Waals surface area (Å²) in [6, 6.07) is 5.73. The van der Waals surface area contributed by atoms with E-state index in [1.165, 1.54) is 11.1 Å². The van der Waals surface area contributed by atoms with E-state index >= 15 is 0 Å².